The maximum Gasteiger partial charge on any atom is 0.141 e. The monoisotopic (exact) mass is 186 g/mol. The van der Waals surface area contributed by atoms with Crippen LogP contribution in [0.5, 0.6) is 0 Å². The predicted molar refractivity (Wildman–Crippen MR) is 52.2 cm³/mol. The van der Waals surface area contributed by atoms with Gasteiger partial charge in [-0.2, -0.15) is 10.5 Å². The Labute approximate surface area is 82.6 Å². The lowest BCUT2D eigenvalue weighted by atomic mass is 10.00. The van der Waals surface area contributed by atoms with Gasteiger partial charge in [-0.05, 0) is 18.9 Å². The van der Waals surface area contributed by atoms with Crippen LogP contribution >= 0.6 is 0 Å². The molecule has 0 radical (unpaired) electrons. The zero-order valence-electron chi connectivity index (χ0n) is 8.13. The first-order valence-electron chi connectivity index (χ1n) is 4.24. The molecule has 2 N–H and O–H groups in total. The van der Waals surface area contributed by atoms with E-state index in [2.05, 4.69) is 4.98 Å². The summed E-state index contributed by atoms with van der Waals surface area (Å²) >= 11 is 0. The number of aromatic nitrogens is 1. The van der Waals surface area contributed by atoms with Gasteiger partial charge in [0.1, 0.15) is 18.0 Å². The number of pyridine rings is 1. The standard InChI is InChI=1S/C10H10N4/c1-3-7-8(4-11)6(2)14-10(13)9(7)5-12/h3H2,1-2H3,(H2,13,14). The van der Waals surface area contributed by atoms with Crippen LogP contribution in [0.4, 0.5) is 5.82 Å². The van der Waals surface area contributed by atoms with Crippen molar-refractivity contribution < 1.29 is 0 Å². The zero-order chi connectivity index (χ0) is 10.7. The summed E-state index contributed by atoms with van der Waals surface area (Å²) in [6.45, 7) is 3.60. The van der Waals surface area contributed by atoms with Crippen LogP contribution in [0.15, 0.2) is 0 Å². The Morgan fingerprint density at radius 3 is 2.29 bits per heavy atom. The van der Waals surface area contributed by atoms with E-state index in [4.69, 9.17) is 16.3 Å². The van der Waals surface area contributed by atoms with Gasteiger partial charge in [0.05, 0.1) is 16.8 Å². The van der Waals surface area contributed by atoms with Crippen LogP contribution in [-0.2, 0) is 6.42 Å². The van der Waals surface area contributed by atoms with Crippen molar-refractivity contribution in [2.45, 2.75) is 20.3 Å². The van der Waals surface area contributed by atoms with Crippen molar-refractivity contribution >= 4 is 5.82 Å². The summed E-state index contributed by atoms with van der Waals surface area (Å²) in [6.07, 6.45) is 0.610. The molecule has 14 heavy (non-hydrogen) atoms. The molecule has 4 nitrogen and oxygen atoms in total. The molecule has 0 unspecified atom stereocenters. The molecule has 0 saturated carbocycles. The van der Waals surface area contributed by atoms with Gasteiger partial charge in [0.25, 0.3) is 0 Å². The van der Waals surface area contributed by atoms with E-state index in [1.807, 2.05) is 19.1 Å². The Bertz CT molecular complexity index is 410. The number of aryl methyl sites for hydroxylation is 1. The van der Waals surface area contributed by atoms with E-state index in [1.54, 1.807) is 6.92 Å². The predicted octanol–water partition coefficient (Wildman–Crippen LogP) is 1.28. The smallest absolute Gasteiger partial charge is 0.141 e. The summed E-state index contributed by atoms with van der Waals surface area (Å²) in [5, 5.41) is 17.8. The first-order chi connectivity index (χ1) is 6.65. The molecule has 0 aliphatic rings. The summed E-state index contributed by atoms with van der Waals surface area (Å²) in [4.78, 5) is 3.96. The van der Waals surface area contributed by atoms with Crippen molar-refractivity contribution in [3.63, 3.8) is 0 Å². The van der Waals surface area contributed by atoms with Gasteiger partial charge in [0.15, 0.2) is 0 Å². The fourth-order valence-electron chi connectivity index (χ4n) is 1.42. The van der Waals surface area contributed by atoms with E-state index in [9.17, 15) is 0 Å². The molecule has 0 atom stereocenters. The molecule has 1 rings (SSSR count). The maximum absolute atomic E-state index is 8.90. The summed E-state index contributed by atoms with van der Waals surface area (Å²) in [5.74, 6) is 0.209. The van der Waals surface area contributed by atoms with Crippen LogP contribution < -0.4 is 5.73 Å². The Morgan fingerprint density at radius 1 is 1.29 bits per heavy atom. The SMILES string of the molecule is CCc1c(C#N)c(C)nc(N)c1C#N. The minimum Gasteiger partial charge on any atom is -0.383 e. The summed E-state index contributed by atoms with van der Waals surface area (Å²) in [7, 11) is 0. The first-order valence-corrected chi connectivity index (χ1v) is 4.24. The van der Waals surface area contributed by atoms with Crippen molar-refractivity contribution in [1.29, 1.82) is 10.5 Å². The average Bonchev–Trinajstić information content (AvgIpc) is 2.16. The highest BCUT2D eigenvalue weighted by molar-refractivity contribution is 5.59. The summed E-state index contributed by atoms with van der Waals surface area (Å²) < 4.78 is 0. The Kier molecular flexibility index (Phi) is 2.69. The van der Waals surface area contributed by atoms with E-state index in [0.717, 1.165) is 0 Å². The number of nitrogen functional groups attached to an aromatic ring is 1. The largest absolute Gasteiger partial charge is 0.383 e. The van der Waals surface area contributed by atoms with Gasteiger partial charge in [0.2, 0.25) is 0 Å². The summed E-state index contributed by atoms with van der Waals surface area (Å²) in [5.41, 5.74) is 7.67. The van der Waals surface area contributed by atoms with E-state index in [-0.39, 0.29) is 5.82 Å². The molecule has 0 fully saturated rings. The molecule has 1 aromatic rings. The fourth-order valence-corrected chi connectivity index (χ4v) is 1.42. The van der Waals surface area contributed by atoms with Gasteiger partial charge in [-0.1, -0.05) is 6.92 Å². The number of hydrogen-bond donors (Lipinski definition) is 1. The lowest BCUT2D eigenvalue weighted by molar-refractivity contribution is 1.06. The van der Waals surface area contributed by atoms with E-state index >= 15 is 0 Å². The van der Waals surface area contributed by atoms with Gasteiger partial charge < -0.3 is 5.73 Å². The highest BCUT2D eigenvalue weighted by Gasteiger charge is 2.14. The van der Waals surface area contributed by atoms with E-state index in [0.29, 0.717) is 28.8 Å². The number of nitrogens with zero attached hydrogens (tertiary/aromatic N) is 3. The molecule has 0 bridgehead atoms. The molecule has 70 valence electrons. The molecule has 0 aliphatic heterocycles. The van der Waals surface area contributed by atoms with Crippen molar-refractivity contribution in [2.24, 2.45) is 0 Å². The molecule has 1 aromatic heterocycles. The highest BCUT2D eigenvalue weighted by Crippen LogP contribution is 2.21. The van der Waals surface area contributed by atoms with Crippen LogP contribution in [0.1, 0.15) is 29.3 Å². The van der Waals surface area contributed by atoms with Crippen LogP contribution in [-0.4, -0.2) is 4.98 Å². The Hall–Kier alpha value is -2.07. The van der Waals surface area contributed by atoms with Crippen LogP contribution in [0.3, 0.4) is 0 Å². The van der Waals surface area contributed by atoms with Gasteiger partial charge in [-0.25, -0.2) is 4.98 Å². The van der Waals surface area contributed by atoms with Crippen LogP contribution in [0.2, 0.25) is 0 Å². The molecule has 0 saturated heterocycles. The third-order valence-corrected chi connectivity index (χ3v) is 2.09. The summed E-state index contributed by atoms with van der Waals surface area (Å²) in [6, 6.07) is 4.03. The number of hydrogen-bond acceptors (Lipinski definition) is 4. The molecule has 0 aromatic carbocycles. The number of anilines is 1. The van der Waals surface area contributed by atoms with Gasteiger partial charge in [-0.15, -0.1) is 0 Å². The number of rotatable bonds is 1. The minimum absolute atomic E-state index is 0.209. The van der Waals surface area contributed by atoms with Gasteiger partial charge in [0, 0.05) is 0 Å². The first kappa shape index (κ1) is 10.0. The zero-order valence-corrected chi connectivity index (χ0v) is 8.13. The second kappa shape index (κ2) is 3.76. The molecule has 4 heteroatoms. The van der Waals surface area contributed by atoms with Gasteiger partial charge >= 0.3 is 0 Å². The van der Waals surface area contributed by atoms with Crippen molar-refractivity contribution in [3.8, 4) is 12.1 Å². The molecule has 1 heterocycles. The molecule has 0 spiro atoms. The second-order valence-electron chi connectivity index (χ2n) is 2.89. The lowest BCUT2D eigenvalue weighted by Gasteiger charge is -2.07. The van der Waals surface area contributed by atoms with E-state index in [1.165, 1.54) is 0 Å². The minimum atomic E-state index is 0.209. The molecular weight excluding hydrogens is 176 g/mol. The molecule has 0 aliphatic carbocycles. The van der Waals surface area contributed by atoms with Gasteiger partial charge in [-0.3, -0.25) is 0 Å². The average molecular weight is 186 g/mol. The van der Waals surface area contributed by atoms with E-state index < -0.39 is 0 Å². The highest BCUT2D eigenvalue weighted by atomic mass is 14.8. The Balaban J connectivity index is 3.64. The Morgan fingerprint density at radius 2 is 1.86 bits per heavy atom. The third kappa shape index (κ3) is 1.38. The second-order valence-corrected chi connectivity index (χ2v) is 2.89. The van der Waals surface area contributed by atoms with Crippen LogP contribution in [0.25, 0.3) is 0 Å². The normalized spacial score (nSPS) is 9.14. The molecular formula is C10H10N4. The third-order valence-electron chi connectivity index (χ3n) is 2.09. The topological polar surface area (TPSA) is 86.5 Å². The lowest BCUT2D eigenvalue weighted by Crippen LogP contribution is -2.05. The van der Waals surface area contributed by atoms with Crippen molar-refractivity contribution in [1.82, 2.24) is 4.98 Å². The number of nitriles is 2. The van der Waals surface area contributed by atoms with Crippen molar-refractivity contribution in [3.05, 3.63) is 22.4 Å². The van der Waals surface area contributed by atoms with Crippen LogP contribution in [0, 0.1) is 29.6 Å². The van der Waals surface area contributed by atoms with Crippen molar-refractivity contribution in [2.75, 3.05) is 5.73 Å². The number of nitrogens with two attached hydrogens (primary N) is 1. The quantitative estimate of drug-likeness (QED) is 0.715. The maximum atomic E-state index is 8.90. The fraction of sp³-hybridized carbons (Fsp3) is 0.300. The molecule has 0 amide bonds.